The van der Waals surface area contributed by atoms with Crippen molar-refractivity contribution < 1.29 is 24.5 Å². The Labute approximate surface area is 198 Å². The van der Waals surface area contributed by atoms with Crippen LogP contribution in [0.25, 0.3) is 5.76 Å². The van der Waals surface area contributed by atoms with E-state index >= 15 is 0 Å². The number of aryl methyl sites for hydroxylation is 2. The summed E-state index contributed by atoms with van der Waals surface area (Å²) in [5, 5.41) is 21.5. The van der Waals surface area contributed by atoms with Crippen molar-refractivity contribution in [3.8, 4) is 11.5 Å². The summed E-state index contributed by atoms with van der Waals surface area (Å²) in [6, 6.07) is 7.33. The zero-order valence-electron chi connectivity index (χ0n) is 19.0. The zero-order chi connectivity index (χ0) is 23.9. The molecule has 0 radical (unpaired) electrons. The van der Waals surface area contributed by atoms with Crippen LogP contribution in [0.4, 0.5) is 0 Å². The minimum Gasteiger partial charge on any atom is -0.507 e. The number of benzene rings is 2. The van der Waals surface area contributed by atoms with Gasteiger partial charge in [0.25, 0.3) is 11.7 Å². The van der Waals surface area contributed by atoms with E-state index < -0.39 is 17.7 Å². The van der Waals surface area contributed by atoms with Crippen molar-refractivity contribution in [2.45, 2.75) is 58.0 Å². The minimum atomic E-state index is -0.784. The third kappa shape index (κ3) is 4.08. The number of halogens is 1. The second kappa shape index (κ2) is 9.10. The summed E-state index contributed by atoms with van der Waals surface area (Å²) in [6.07, 6.45) is 4.66. The lowest BCUT2D eigenvalue weighted by Gasteiger charge is -2.35. The van der Waals surface area contributed by atoms with Crippen LogP contribution >= 0.6 is 11.6 Å². The Morgan fingerprint density at radius 3 is 2.39 bits per heavy atom. The summed E-state index contributed by atoms with van der Waals surface area (Å²) in [5.74, 6) is -0.949. The Hall–Kier alpha value is -2.99. The highest BCUT2D eigenvalue weighted by molar-refractivity contribution is 6.46. The molecular weight excluding hydrogens is 442 g/mol. The fraction of sp³-hybridized carbons (Fsp3) is 0.385. The molecule has 2 aromatic carbocycles. The molecule has 0 bridgehead atoms. The van der Waals surface area contributed by atoms with E-state index in [4.69, 9.17) is 16.3 Å². The molecule has 7 heteroatoms. The number of carbonyl (C=O) groups is 2. The average molecular weight is 470 g/mol. The number of ketones is 1. The fourth-order valence-corrected chi connectivity index (χ4v) is 5.21. The van der Waals surface area contributed by atoms with Crippen LogP contribution in [0.15, 0.2) is 35.9 Å². The first kappa shape index (κ1) is 23.2. The maximum Gasteiger partial charge on any atom is 0.295 e. The minimum absolute atomic E-state index is 0.0417. The molecule has 1 unspecified atom stereocenters. The number of likely N-dealkylation sites (tertiary alicyclic amines) is 1. The Morgan fingerprint density at radius 1 is 1.06 bits per heavy atom. The Morgan fingerprint density at radius 2 is 1.76 bits per heavy atom. The molecule has 2 aliphatic rings. The van der Waals surface area contributed by atoms with Gasteiger partial charge in [-0.3, -0.25) is 9.59 Å². The van der Waals surface area contributed by atoms with E-state index in [1.165, 1.54) is 6.07 Å². The van der Waals surface area contributed by atoms with Gasteiger partial charge in [0.05, 0.1) is 23.7 Å². The number of aromatic hydroxyl groups is 1. The number of rotatable bonds is 4. The van der Waals surface area contributed by atoms with Crippen LogP contribution in [0.5, 0.6) is 11.5 Å². The van der Waals surface area contributed by atoms with E-state index in [-0.39, 0.29) is 28.1 Å². The number of phenolic OH excluding ortho intramolecular Hbond substituents is 1. The van der Waals surface area contributed by atoms with E-state index in [9.17, 15) is 19.8 Å². The van der Waals surface area contributed by atoms with E-state index in [0.29, 0.717) is 16.9 Å². The highest BCUT2D eigenvalue weighted by atomic mass is 35.5. The maximum absolute atomic E-state index is 13.3. The molecule has 0 spiro atoms. The summed E-state index contributed by atoms with van der Waals surface area (Å²) in [6.45, 7) is 3.67. The predicted octanol–water partition coefficient (Wildman–Crippen LogP) is 5.43. The Kier molecular flexibility index (Phi) is 6.39. The molecule has 0 aromatic heterocycles. The monoisotopic (exact) mass is 469 g/mol. The standard InChI is InChI=1S/C26H28ClNO5/c1-14-12-21(33-3)15(2)11-18(14)24(30)22-23(16-9-10-20(29)19(27)13-16)28(26(32)25(22)31)17-7-5-4-6-8-17/h9-13,17,23,29-30H,4-8H2,1-3H3/b24-22+. The molecule has 2 fully saturated rings. The van der Waals surface area contributed by atoms with Gasteiger partial charge in [0.2, 0.25) is 0 Å². The molecule has 6 nitrogen and oxygen atoms in total. The van der Waals surface area contributed by atoms with Gasteiger partial charge in [0.15, 0.2) is 0 Å². The third-order valence-electron chi connectivity index (χ3n) is 6.73. The van der Waals surface area contributed by atoms with Crippen LogP contribution in [0.3, 0.4) is 0 Å². The van der Waals surface area contributed by atoms with Crippen molar-refractivity contribution >= 4 is 29.1 Å². The average Bonchev–Trinajstić information content (AvgIpc) is 3.07. The van der Waals surface area contributed by atoms with Gasteiger partial charge in [0, 0.05) is 11.6 Å². The maximum atomic E-state index is 13.3. The van der Waals surface area contributed by atoms with Crippen molar-refractivity contribution in [1.82, 2.24) is 4.90 Å². The number of phenols is 1. The summed E-state index contributed by atoms with van der Waals surface area (Å²) in [5.41, 5.74) is 2.62. The smallest absolute Gasteiger partial charge is 0.295 e. The van der Waals surface area contributed by atoms with Gasteiger partial charge in [-0.05, 0) is 67.6 Å². The first-order chi connectivity index (χ1) is 15.7. The van der Waals surface area contributed by atoms with Crippen LogP contribution in [0.2, 0.25) is 5.02 Å². The second-order valence-corrected chi connectivity index (χ2v) is 9.25. The van der Waals surface area contributed by atoms with Crippen molar-refractivity contribution in [2.75, 3.05) is 7.11 Å². The third-order valence-corrected chi connectivity index (χ3v) is 7.04. The molecule has 1 atom stereocenters. The number of hydrogen-bond acceptors (Lipinski definition) is 5. The van der Waals surface area contributed by atoms with Crippen LogP contribution < -0.4 is 4.74 Å². The van der Waals surface area contributed by atoms with Crippen molar-refractivity contribution in [1.29, 1.82) is 0 Å². The molecule has 1 heterocycles. The van der Waals surface area contributed by atoms with Gasteiger partial charge in [-0.25, -0.2) is 0 Å². The lowest BCUT2D eigenvalue weighted by atomic mass is 9.90. The number of Topliss-reactive ketones (excluding diaryl/α,β-unsaturated/α-hetero) is 1. The topological polar surface area (TPSA) is 87.1 Å². The lowest BCUT2D eigenvalue weighted by molar-refractivity contribution is -0.141. The van der Waals surface area contributed by atoms with Crippen LogP contribution in [0, 0.1) is 13.8 Å². The number of nitrogens with zero attached hydrogens (tertiary/aromatic N) is 1. The molecule has 1 aliphatic heterocycles. The summed E-state index contributed by atoms with van der Waals surface area (Å²) in [4.78, 5) is 28.2. The number of amides is 1. The van der Waals surface area contributed by atoms with Gasteiger partial charge < -0.3 is 19.8 Å². The van der Waals surface area contributed by atoms with Crippen molar-refractivity contribution in [3.05, 3.63) is 63.2 Å². The Bertz CT molecular complexity index is 1150. The first-order valence-electron chi connectivity index (χ1n) is 11.2. The molecule has 1 saturated heterocycles. The van der Waals surface area contributed by atoms with Crippen LogP contribution in [0.1, 0.15) is 60.4 Å². The summed E-state index contributed by atoms with van der Waals surface area (Å²) in [7, 11) is 1.57. The molecule has 1 amide bonds. The SMILES string of the molecule is COc1cc(C)c(/C(O)=C2\C(=O)C(=O)N(C3CCCCC3)C2c2ccc(O)c(Cl)c2)cc1C. The molecule has 1 aliphatic carbocycles. The van der Waals surface area contributed by atoms with Crippen molar-refractivity contribution in [3.63, 3.8) is 0 Å². The predicted molar refractivity (Wildman–Crippen MR) is 127 cm³/mol. The van der Waals surface area contributed by atoms with Crippen molar-refractivity contribution in [2.24, 2.45) is 0 Å². The number of ether oxygens (including phenoxy) is 1. The Balaban J connectivity index is 1.92. The van der Waals surface area contributed by atoms with E-state index in [2.05, 4.69) is 0 Å². The van der Waals surface area contributed by atoms with Gasteiger partial charge in [-0.2, -0.15) is 0 Å². The van der Waals surface area contributed by atoms with Crippen LogP contribution in [-0.2, 0) is 9.59 Å². The number of methoxy groups -OCH3 is 1. The van der Waals surface area contributed by atoms with Crippen LogP contribution in [-0.4, -0.2) is 40.0 Å². The molecule has 33 heavy (non-hydrogen) atoms. The molecule has 2 aromatic rings. The van der Waals surface area contributed by atoms with Gasteiger partial charge in [0.1, 0.15) is 17.3 Å². The van der Waals surface area contributed by atoms with Gasteiger partial charge in [-0.1, -0.05) is 36.9 Å². The number of aliphatic hydroxyl groups excluding tert-OH is 1. The van der Waals surface area contributed by atoms with E-state index in [1.807, 2.05) is 13.8 Å². The summed E-state index contributed by atoms with van der Waals surface area (Å²) < 4.78 is 5.37. The quantitative estimate of drug-likeness (QED) is 0.354. The molecule has 2 N–H and O–H groups in total. The summed E-state index contributed by atoms with van der Waals surface area (Å²) >= 11 is 6.19. The highest BCUT2D eigenvalue weighted by Gasteiger charge is 2.49. The zero-order valence-corrected chi connectivity index (χ0v) is 19.8. The first-order valence-corrected chi connectivity index (χ1v) is 11.6. The van der Waals surface area contributed by atoms with E-state index in [1.54, 1.807) is 36.3 Å². The number of aliphatic hydroxyl groups is 1. The number of carbonyl (C=O) groups excluding carboxylic acids is 2. The fourth-order valence-electron chi connectivity index (χ4n) is 5.02. The largest absolute Gasteiger partial charge is 0.507 e. The van der Waals surface area contributed by atoms with Gasteiger partial charge >= 0.3 is 0 Å². The molecule has 4 rings (SSSR count). The normalized spacial score (nSPS) is 21.0. The highest BCUT2D eigenvalue weighted by Crippen LogP contribution is 2.44. The molecular formula is C26H28ClNO5. The molecule has 174 valence electrons. The van der Waals surface area contributed by atoms with E-state index in [0.717, 1.165) is 43.2 Å². The lowest BCUT2D eigenvalue weighted by Crippen LogP contribution is -2.40. The molecule has 1 saturated carbocycles. The van der Waals surface area contributed by atoms with Gasteiger partial charge in [-0.15, -0.1) is 0 Å². The number of hydrogen-bond donors (Lipinski definition) is 2. The second-order valence-electron chi connectivity index (χ2n) is 8.85.